The first kappa shape index (κ1) is 12.5. The molecule has 0 atom stereocenters. The van der Waals surface area contributed by atoms with E-state index in [0.29, 0.717) is 6.61 Å². The molecule has 0 fully saturated rings. The smallest absolute Gasteiger partial charge is 0.411 e. The van der Waals surface area contributed by atoms with Crippen molar-refractivity contribution in [2.24, 2.45) is 0 Å². The number of alkyl carbamates (subject to hydrolysis) is 1. The number of carbonyl (C=O) groups is 2. The molecule has 0 unspecified atom stereocenters. The fraction of sp³-hybridized carbons (Fsp3) is 0.556. The van der Waals surface area contributed by atoms with Gasteiger partial charge in [0, 0.05) is 0 Å². The molecule has 0 spiro atoms. The van der Waals surface area contributed by atoms with E-state index >= 15 is 0 Å². The number of rotatable bonds is 5. The minimum atomic E-state index is -0.686. The number of methoxy groups -OCH3 is 1. The topological polar surface area (TPSA) is 64.6 Å². The first-order valence-corrected chi connectivity index (χ1v) is 4.32. The molecular weight excluding hydrogens is 186 g/mol. The maximum absolute atomic E-state index is 10.9. The zero-order valence-electron chi connectivity index (χ0n) is 8.46. The van der Waals surface area contributed by atoms with Crippen LogP contribution < -0.4 is 5.32 Å². The highest BCUT2D eigenvalue weighted by atomic mass is 16.6. The summed E-state index contributed by atoms with van der Waals surface area (Å²) in [5.41, 5.74) is -0.131. The molecule has 0 radical (unpaired) electrons. The Morgan fingerprint density at radius 1 is 1.43 bits per heavy atom. The number of amides is 1. The number of carbonyl (C=O) groups excluding carboxylic acids is 2. The molecule has 0 heterocycles. The largest absolute Gasteiger partial charge is 0.464 e. The summed E-state index contributed by atoms with van der Waals surface area (Å²) < 4.78 is 9.06. The van der Waals surface area contributed by atoms with Gasteiger partial charge in [0.25, 0.3) is 0 Å². The zero-order valence-corrected chi connectivity index (χ0v) is 8.46. The molecule has 0 saturated carbocycles. The molecule has 5 nitrogen and oxygen atoms in total. The molecule has 80 valence electrons. The number of esters is 1. The number of hydrogen-bond donors (Lipinski definition) is 1. The fourth-order valence-corrected chi connectivity index (χ4v) is 0.643. The van der Waals surface area contributed by atoms with Crippen LogP contribution >= 0.6 is 0 Å². The lowest BCUT2D eigenvalue weighted by molar-refractivity contribution is -0.136. The normalized spacial score (nSPS) is 9.00. The highest BCUT2D eigenvalue weighted by molar-refractivity contribution is 5.91. The van der Waals surface area contributed by atoms with E-state index in [0.717, 1.165) is 12.8 Å². The van der Waals surface area contributed by atoms with Gasteiger partial charge in [0.15, 0.2) is 0 Å². The Bertz CT molecular complexity index is 225. The second kappa shape index (κ2) is 6.94. The molecule has 5 heteroatoms. The van der Waals surface area contributed by atoms with Crippen LogP contribution in [-0.4, -0.2) is 25.8 Å². The van der Waals surface area contributed by atoms with Gasteiger partial charge in [-0.05, 0) is 6.42 Å². The molecule has 0 aromatic carbocycles. The molecule has 0 aliphatic heterocycles. The molecule has 1 amide bonds. The Kier molecular flexibility index (Phi) is 6.19. The summed E-state index contributed by atoms with van der Waals surface area (Å²) in [6.07, 6.45) is 1.04. The average Bonchev–Trinajstić information content (AvgIpc) is 2.16. The van der Waals surface area contributed by atoms with Crippen molar-refractivity contribution in [2.75, 3.05) is 13.7 Å². The van der Waals surface area contributed by atoms with E-state index in [9.17, 15) is 9.59 Å². The predicted octanol–water partition coefficient (Wildman–Crippen LogP) is 1.20. The van der Waals surface area contributed by atoms with Crippen molar-refractivity contribution in [3.05, 3.63) is 12.3 Å². The first-order chi connectivity index (χ1) is 6.61. The molecular formula is C9H15NO4. The van der Waals surface area contributed by atoms with Crippen LogP contribution in [0.5, 0.6) is 0 Å². The highest BCUT2D eigenvalue weighted by Gasteiger charge is 2.10. The minimum absolute atomic E-state index is 0.131. The molecule has 0 saturated heterocycles. The van der Waals surface area contributed by atoms with Crippen molar-refractivity contribution < 1.29 is 19.1 Å². The van der Waals surface area contributed by atoms with Crippen LogP contribution in [0.15, 0.2) is 12.3 Å². The second-order valence-electron chi connectivity index (χ2n) is 2.58. The summed E-state index contributed by atoms with van der Waals surface area (Å²) in [7, 11) is 1.21. The molecule has 0 aliphatic carbocycles. The van der Waals surface area contributed by atoms with Crippen molar-refractivity contribution in [2.45, 2.75) is 19.8 Å². The number of ether oxygens (including phenoxy) is 2. The van der Waals surface area contributed by atoms with Crippen LogP contribution in [-0.2, 0) is 14.3 Å². The summed E-state index contributed by atoms with van der Waals surface area (Å²) in [6.45, 7) is 5.62. The van der Waals surface area contributed by atoms with Gasteiger partial charge in [-0.2, -0.15) is 0 Å². The lowest BCUT2D eigenvalue weighted by Gasteiger charge is -2.06. The SMILES string of the molecule is C=C(NC(=O)OCCCC)C(=O)OC. The molecule has 0 aromatic rings. The molecule has 1 N–H and O–H groups in total. The van der Waals surface area contributed by atoms with Gasteiger partial charge in [-0.1, -0.05) is 19.9 Å². The van der Waals surface area contributed by atoms with Crippen LogP contribution in [0.4, 0.5) is 4.79 Å². The monoisotopic (exact) mass is 201 g/mol. The summed E-state index contributed by atoms with van der Waals surface area (Å²) >= 11 is 0. The zero-order chi connectivity index (χ0) is 11.0. The van der Waals surface area contributed by atoms with Gasteiger partial charge in [-0.25, -0.2) is 9.59 Å². The first-order valence-electron chi connectivity index (χ1n) is 4.32. The average molecular weight is 201 g/mol. The van der Waals surface area contributed by atoms with Gasteiger partial charge in [0.1, 0.15) is 5.70 Å². The van der Waals surface area contributed by atoms with Crippen molar-refractivity contribution in [3.63, 3.8) is 0 Å². The van der Waals surface area contributed by atoms with Crippen molar-refractivity contribution in [1.82, 2.24) is 5.32 Å². The van der Waals surface area contributed by atoms with Crippen LogP contribution in [0, 0.1) is 0 Å². The standard InChI is InChI=1S/C9H15NO4/c1-4-5-6-14-9(12)10-7(2)8(11)13-3/h2,4-6H2,1,3H3,(H,10,12). The van der Waals surface area contributed by atoms with Gasteiger partial charge in [-0.15, -0.1) is 0 Å². The predicted molar refractivity (Wildman–Crippen MR) is 50.5 cm³/mol. The number of hydrogen-bond acceptors (Lipinski definition) is 4. The third-order valence-electron chi connectivity index (χ3n) is 1.42. The van der Waals surface area contributed by atoms with Gasteiger partial charge in [0.2, 0.25) is 0 Å². The molecule has 0 aromatic heterocycles. The van der Waals surface area contributed by atoms with Crippen LogP contribution in [0.1, 0.15) is 19.8 Å². The second-order valence-corrected chi connectivity index (χ2v) is 2.58. The van der Waals surface area contributed by atoms with E-state index in [1.165, 1.54) is 7.11 Å². The fourth-order valence-electron chi connectivity index (χ4n) is 0.643. The van der Waals surface area contributed by atoms with Crippen molar-refractivity contribution >= 4 is 12.1 Å². The molecule has 14 heavy (non-hydrogen) atoms. The minimum Gasteiger partial charge on any atom is -0.464 e. The molecule has 0 bridgehead atoms. The van der Waals surface area contributed by atoms with Crippen molar-refractivity contribution in [1.29, 1.82) is 0 Å². The van der Waals surface area contributed by atoms with E-state index in [2.05, 4.69) is 16.6 Å². The quantitative estimate of drug-likeness (QED) is 0.412. The van der Waals surface area contributed by atoms with Crippen LogP contribution in [0.25, 0.3) is 0 Å². The summed E-state index contributed by atoms with van der Waals surface area (Å²) in [4.78, 5) is 21.7. The van der Waals surface area contributed by atoms with E-state index < -0.39 is 12.1 Å². The number of nitrogens with one attached hydrogen (secondary N) is 1. The lowest BCUT2D eigenvalue weighted by Crippen LogP contribution is -2.28. The highest BCUT2D eigenvalue weighted by Crippen LogP contribution is 1.92. The van der Waals surface area contributed by atoms with E-state index in [1.54, 1.807) is 0 Å². The van der Waals surface area contributed by atoms with E-state index in [4.69, 9.17) is 4.74 Å². The summed E-state index contributed by atoms with van der Waals surface area (Å²) in [5, 5.41) is 2.16. The van der Waals surface area contributed by atoms with Crippen molar-refractivity contribution in [3.8, 4) is 0 Å². The van der Waals surface area contributed by atoms with Crippen LogP contribution in [0.2, 0.25) is 0 Å². The molecule has 0 aliphatic rings. The Morgan fingerprint density at radius 3 is 2.57 bits per heavy atom. The van der Waals surface area contributed by atoms with Gasteiger partial charge < -0.3 is 9.47 Å². The van der Waals surface area contributed by atoms with Gasteiger partial charge >= 0.3 is 12.1 Å². The van der Waals surface area contributed by atoms with Crippen LogP contribution in [0.3, 0.4) is 0 Å². The maximum Gasteiger partial charge on any atom is 0.411 e. The summed E-state index contributed by atoms with van der Waals surface area (Å²) in [6, 6.07) is 0. The Labute approximate surface area is 83.1 Å². The van der Waals surface area contributed by atoms with Gasteiger partial charge in [0.05, 0.1) is 13.7 Å². The summed E-state index contributed by atoms with van der Waals surface area (Å²) in [5.74, 6) is -0.683. The molecule has 0 rings (SSSR count). The maximum atomic E-state index is 10.9. The van der Waals surface area contributed by atoms with Gasteiger partial charge in [-0.3, -0.25) is 5.32 Å². The Balaban J connectivity index is 3.72. The Hall–Kier alpha value is -1.52. The third kappa shape index (κ3) is 5.18. The third-order valence-corrected chi connectivity index (χ3v) is 1.42. The number of unbranched alkanes of at least 4 members (excludes halogenated alkanes) is 1. The van der Waals surface area contributed by atoms with E-state index in [1.807, 2.05) is 6.92 Å². The Morgan fingerprint density at radius 2 is 2.07 bits per heavy atom. The van der Waals surface area contributed by atoms with E-state index in [-0.39, 0.29) is 5.70 Å². The lowest BCUT2D eigenvalue weighted by atomic mass is 10.4.